The Bertz CT molecular complexity index is 699. The van der Waals surface area contributed by atoms with E-state index in [1.54, 1.807) is 12.1 Å². The number of ether oxygens (including phenoxy) is 1. The lowest BCUT2D eigenvalue weighted by atomic mass is 9.81. The molecule has 0 heterocycles. The Balaban J connectivity index is 1.61. The number of nitrogens with one attached hydrogen (secondary N) is 1. The molecule has 2 unspecified atom stereocenters. The molecule has 1 amide bonds. The van der Waals surface area contributed by atoms with Gasteiger partial charge in [-0.25, -0.2) is 4.79 Å². The zero-order chi connectivity index (χ0) is 17.8. The van der Waals surface area contributed by atoms with Crippen LogP contribution in [0.25, 0.3) is 11.1 Å². The lowest BCUT2D eigenvalue weighted by Gasteiger charge is -2.33. The lowest BCUT2D eigenvalue weighted by molar-refractivity contribution is 0.0169. The van der Waals surface area contributed by atoms with Gasteiger partial charge in [0.05, 0.1) is 0 Å². The summed E-state index contributed by atoms with van der Waals surface area (Å²) in [5.41, 5.74) is 2.74. The molecule has 0 radical (unpaired) electrons. The minimum absolute atomic E-state index is 0.00924. The average molecular weight is 339 g/mol. The highest BCUT2D eigenvalue weighted by Gasteiger charge is 2.30. The summed E-state index contributed by atoms with van der Waals surface area (Å²) in [6.07, 6.45) is 3.04. The molecule has 1 aliphatic rings. The zero-order valence-electron chi connectivity index (χ0n) is 14.7. The van der Waals surface area contributed by atoms with E-state index in [2.05, 4.69) is 19.2 Å². The predicted octanol–water partition coefficient (Wildman–Crippen LogP) is 5.43. The van der Waals surface area contributed by atoms with Gasteiger partial charge in [-0.05, 0) is 60.1 Å². The van der Waals surface area contributed by atoms with Gasteiger partial charge >= 0.3 is 6.09 Å². The van der Waals surface area contributed by atoms with Gasteiger partial charge in [0.1, 0.15) is 11.9 Å². The fourth-order valence-electron chi connectivity index (χ4n) is 3.55. The third-order valence-corrected chi connectivity index (χ3v) is 5.02. The molecule has 25 heavy (non-hydrogen) atoms. The van der Waals surface area contributed by atoms with Crippen LogP contribution in [0.15, 0.2) is 48.5 Å². The molecule has 0 aliphatic heterocycles. The maximum absolute atomic E-state index is 12.2. The van der Waals surface area contributed by atoms with E-state index < -0.39 is 0 Å². The highest BCUT2D eigenvalue weighted by molar-refractivity contribution is 5.85. The molecule has 4 heteroatoms. The van der Waals surface area contributed by atoms with Crippen LogP contribution in [0.5, 0.6) is 5.75 Å². The van der Waals surface area contributed by atoms with Crippen molar-refractivity contribution in [1.82, 2.24) is 0 Å². The molecule has 0 saturated heterocycles. The lowest BCUT2D eigenvalue weighted by Crippen LogP contribution is -2.36. The summed E-state index contributed by atoms with van der Waals surface area (Å²) in [5, 5.41) is 12.2. The molecular weight excluding hydrogens is 314 g/mol. The third-order valence-electron chi connectivity index (χ3n) is 5.02. The molecule has 0 aromatic heterocycles. The Labute approximate surface area is 148 Å². The Morgan fingerprint density at radius 2 is 1.48 bits per heavy atom. The van der Waals surface area contributed by atoms with Gasteiger partial charge in [-0.15, -0.1) is 0 Å². The Morgan fingerprint density at radius 3 is 2.04 bits per heavy atom. The van der Waals surface area contributed by atoms with Crippen molar-refractivity contribution in [2.75, 3.05) is 5.32 Å². The molecule has 132 valence electrons. The van der Waals surface area contributed by atoms with Gasteiger partial charge in [0.25, 0.3) is 0 Å². The van der Waals surface area contributed by atoms with Crippen molar-refractivity contribution in [2.45, 2.75) is 39.2 Å². The number of carbonyl (C=O) groups is 1. The summed E-state index contributed by atoms with van der Waals surface area (Å²) in [6.45, 7) is 4.31. The van der Waals surface area contributed by atoms with Crippen molar-refractivity contribution < 1.29 is 14.6 Å². The maximum Gasteiger partial charge on any atom is 0.411 e. The van der Waals surface area contributed by atoms with Crippen molar-refractivity contribution in [3.63, 3.8) is 0 Å². The molecule has 2 atom stereocenters. The number of rotatable bonds is 3. The fraction of sp³-hybridized carbons (Fsp3) is 0.381. The number of amides is 1. The number of aromatic hydroxyl groups is 1. The van der Waals surface area contributed by atoms with Gasteiger partial charge in [-0.2, -0.15) is 0 Å². The number of phenolic OH excluding ortho intramolecular Hbond substituents is 1. The Hall–Kier alpha value is -2.49. The van der Waals surface area contributed by atoms with Crippen molar-refractivity contribution in [3.05, 3.63) is 48.5 Å². The van der Waals surface area contributed by atoms with E-state index in [0.717, 1.165) is 24.0 Å². The summed E-state index contributed by atoms with van der Waals surface area (Å²) >= 11 is 0. The average Bonchev–Trinajstić information content (AvgIpc) is 2.60. The molecule has 4 nitrogen and oxygen atoms in total. The number of phenols is 1. The van der Waals surface area contributed by atoms with Crippen LogP contribution in [-0.4, -0.2) is 17.3 Å². The van der Waals surface area contributed by atoms with Crippen LogP contribution in [-0.2, 0) is 4.74 Å². The van der Waals surface area contributed by atoms with E-state index >= 15 is 0 Å². The number of hydrogen-bond donors (Lipinski definition) is 2. The first-order valence-electron chi connectivity index (χ1n) is 8.90. The third kappa shape index (κ3) is 4.32. The first-order valence-corrected chi connectivity index (χ1v) is 8.90. The van der Waals surface area contributed by atoms with Crippen molar-refractivity contribution in [3.8, 4) is 16.9 Å². The highest BCUT2D eigenvalue weighted by atomic mass is 16.6. The van der Waals surface area contributed by atoms with Crippen molar-refractivity contribution in [2.24, 2.45) is 11.8 Å². The summed E-state index contributed by atoms with van der Waals surface area (Å²) in [7, 11) is 0. The van der Waals surface area contributed by atoms with Crippen molar-refractivity contribution in [1.29, 1.82) is 0 Å². The first-order chi connectivity index (χ1) is 12.0. The molecule has 2 N–H and O–H groups in total. The van der Waals surface area contributed by atoms with Crippen LogP contribution in [0.1, 0.15) is 33.1 Å². The number of carbonyl (C=O) groups excluding carboxylic acids is 1. The highest BCUT2D eigenvalue weighted by Crippen LogP contribution is 2.31. The molecule has 1 saturated carbocycles. The smallest absolute Gasteiger partial charge is 0.411 e. The number of benzene rings is 2. The van der Waals surface area contributed by atoms with Gasteiger partial charge < -0.3 is 9.84 Å². The minimum Gasteiger partial charge on any atom is -0.508 e. The molecule has 2 aromatic rings. The van der Waals surface area contributed by atoms with Crippen molar-refractivity contribution >= 4 is 11.8 Å². The molecule has 0 bridgehead atoms. The zero-order valence-corrected chi connectivity index (χ0v) is 14.7. The Kier molecular flexibility index (Phi) is 5.27. The van der Waals surface area contributed by atoms with E-state index in [1.807, 2.05) is 36.4 Å². The minimum atomic E-state index is -0.386. The predicted molar refractivity (Wildman–Crippen MR) is 99.6 cm³/mol. The normalized spacial score (nSPS) is 23.0. The topological polar surface area (TPSA) is 58.6 Å². The van der Waals surface area contributed by atoms with Gasteiger partial charge in [0, 0.05) is 5.69 Å². The van der Waals surface area contributed by atoms with Gasteiger partial charge in [0.2, 0.25) is 0 Å². The molecule has 0 spiro atoms. The number of anilines is 1. The SMILES string of the molecule is CC1CCCC(C)C1OC(=O)Nc1ccc(-c2ccc(O)cc2)cc1. The molecule has 3 rings (SSSR count). The van der Waals surface area contributed by atoms with Gasteiger partial charge in [-0.1, -0.05) is 44.5 Å². The fourth-order valence-corrected chi connectivity index (χ4v) is 3.55. The second-order valence-electron chi connectivity index (χ2n) is 7.00. The van der Waals surface area contributed by atoms with E-state index in [0.29, 0.717) is 17.5 Å². The van der Waals surface area contributed by atoms with Crippen LogP contribution in [0, 0.1) is 11.8 Å². The van der Waals surface area contributed by atoms with Crippen LogP contribution in [0.3, 0.4) is 0 Å². The molecule has 1 aliphatic carbocycles. The van der Waals surface area contributed by atoms with Crippen LogP contribution in [0.4, 0.5) is 10.5 Å². The standard InChI is InChI=1S/C21H25NO3/c1-14-4-3-5-15(2)20(14)25-21(24)22-18-10-6-16(7-11-18)17-8-12-19(23)13-9-17/h6-15,20,23H,3-5H2,1-2H3,(H,22,24). The van der Waals surface area contributed by atoms with E-state index in [4.69, 9.17) is 4.74 Å². The van der Waals surface area contributed by atoms with Crippen LogP contribution >= 0.6 is 0 Å². The summed E-state index contributed by atoms with van der Waals surface area (Å²) in [5.74, 6) is 1.06. The van der Waals surface area contributed by atoms with E-state index in [9.17, 15) is 9.90 Å². The number of hydrogen-bond acceptors (Lipinski definition) is 3. The summed E-state index contributed by atoms with van der Waals surface area (Å²) in [4.78, 5) is 12.2. The van der Waals surface area contributed by atoms with Gasteiger partial charge in [-0.3, -0.25) is 5.32 Å². The van der Waals surface area contributed by atoms with E-state index in [-0.39, 0.29) is 17.9 Å². The maximum atomic E-state index is 12.2. The summed E-state index contributed by atoms with van der Waals surface area (Å²) in [6, 6.07) is 14.6. The quantitative estimate of drug-likeness (QED) is 0.783. The monoisotopic (exact) mass is 339 g/mol. The first kappa shape index (κ1) is 17.3. The Morgan fingerprint density at radius 1 is 0.960 bits per heavy atom. The molecular formula is C21H25NO3. The largest absolute Gasteiger partial charge is 0.508 e. The van der Waals surface area contributed by atoms with Gasteiger partial charge in [0.15, 0.2) is 0 Å². The second kappa shape index (κ2) is 7.60. The summed E-state index contributed by atoms with van der Waals surface area (Å²) < 4.78 is 5.67. The van der Waals surface area contributed by atoms with Crippen LogP contribution in [0.2, 0.25) is 0 Å². The van der Waals surface area contributed by atoms with E-state index in [1.165, 1.54) is 6.42 Å². The van der Waals surface area contributed by atoms with Crippen LogP contribution < -0.4 is 5.32 Å². The molecule has 1 fully saturated rings. The molecule has 2 aromatic carbocycles. The second-order valence-corrected chi connectivity index (χ2v) is 7.00.